The maximum absolute atomic E-state index is 12.8. The fourth-order valence-electron chi connectivity index (χ4n) is 3.48. The van der Waals surface area contributed by atoms with Crippen molar-refractivity contribution < 1.29 is 34.1 Å². The van der Waals surface area contributed by atoms with E-state index in [9.17, 15) is 4.79 Å². The molecule has 1 fully saturated rings. The summed E-state index contributed by atoms with van der Waals surface area (Å²) in [5.74, 6) is -2.37. The van der Waals surface area contributed by atoms with E-state index in [2.05, 4.69) is 35.2 Å². The number of piperazine rings is 1. The third kappa shape index (κ3) is 8.12. The van der Waals surface area contributed by atoms with Gasteiger partial charge in [0.25, 0.3) is 5.91 Å². The van der Waals surface area contributed by atoms with Crippen molar-refractivity contribution in [1.82, 2.24) is 9.80 Å². The van der Waals surface area contributed by atoms with Gasteiger partial charge in [-0.25, -0.2) is 9.59 Å². The van der Waals surface area contributed by atoms with E-state index in [0.717, 1.165) is 45.6 Å². The van der Waals surface area contributed by atoms with Gasteiger partial charge in [-0.1, -0.05) is 30.3 Å². The summed E-state index contributed by atoms with van der Waals surface area (Å²) >= 11 is 0. The van der Waals surface area contributed by atoms with Gasteiger partial charge in [0.05, 0.1) is 14.2 Å². The minimum atomic E-state index is -1.82. The number of aliphatic carboxylic acids is 2. The number of hydrogen-bond donors (Lipinski definition) is 2. The molecule has 1 aliphatic rings. The lowest BCUT2D eigenvalue weighted by Gasteiger charge is -2.34. The third-order valence-corrected chi connectivity index (χ3v) is 5.26. The third-order valence-electron chi connectivity index (χ3n) is 5.26. The van der Waals surface area contributed by atoms with E-state index in [0.29, 0.717) is 17.1 Å². The smallest absolute Gasteiger partial charge is 0.414 e. The molecule has 33 heavy (non-hydrogen) atoms. The molecule has 2 aromatic rings. The highest BCUT2D eigenvalue weighted by Gasteiger charge is 2.22. The SMILES string of the molecule is COc1ccc(C(=O)N2CCN(CCCc3ccccc3)CC2)cc1OC.O=C(O)C(=O)O. The van der Waals surface area contributed by atoms with E-state index in [-0.39, 0.29) is 5.91 Å². The van der Waals surface area contributed by atoms with E-state index >= 15 is 0 Å². The highest BCUT2D eigenvalue weighted by Crippen LogP contribution is 2.28. The molecule has 1 aliphatic heterocycles. The van der Waals surface area contributed by atoms with Gasteiger partial charge in [0.15, 0.2) is 11.5 Å². The van der Waals surface area contributed by atoms with Crippen LogP contribution in [0.4, 0.5) is 0 Å². The summed E-state index contributed by atoms with van der Waals surface area (Å²) in [6, 6.07) is 15.9. The van der Waals surface area contributed by atoms with Crippen LogP contribution in [0.3, 0.4) is 0 Å². The molecule has 1 saturated heterocycles. The lowest BCUT2D eigenvalue weighted by Crippen LogP contribution is -2.48. The van der Waals surface area contributed by atoms with E-state index in [4.69, 9.17) is 29.3 Å². The summed E-state index contributed by atoms with van der Waals surface area (Å²) in [5.41, 5.74) is 2.03. The maximum Gasteiger partial charge on any atom is 0.414 e. The molecule has 9 nitrogen and oxygen atoms in total. The normalized spacial score (nSPS) is 13.5. The second kappa shape index (κ2) is 13.1. The van der Waals surface area contributed by atoms with Crippen LogP contribution in [0, 0.1) is 0 Å². The van der Waals surface area contributed by atoms with Crippen molar-refractivity contribution in [1.29, 1.82) is 0 Å². The number of rotatable bonds is 7. The van der Waals surface area contributed by atoms with Crippen molar-refractivity contribution >= 4 is 17.8 Å². The number of benzene rings is 2. The van der Waals surface area contributed by atoms with Gasteiger partial charge in [0, 0.05) is 31.7 Å². The lowest BCUT2D eigenvalue weighted by molar-refractivity contribution is -0.159. The number of carbonyl (C=O) groups is 3. The van der Waals surface area contributed by atoms with Gasteiger partial charge in [-0.15, -0.1) is 0 Å². The number of aryl methyl sites for hydroxylation is 1. The standard InChI is InChI=1S/C22H28N2O3.C2H2O4/c1-26-20-11-10-19(17-21(20)27-2)22(25)24-15-13-23(14-16-24)12-6-9-18-7-4-3-5-8-18;3-1(4)2(5)6/h3-5,7-8,10-11,17H,6,9,12-16H2,1-2H3;(H,3,4)(H,5,6). The van der Waals surface area contributed by atoms with Crippen LogP contribution in [0.1, 0.15) is 22.3 Å². The molecule has 1 heterocycles. The number of amides is 1. The second-order valence-corrected chi connectivity index (χ2v) is 7.40. The summed E-state index contributed by atoms with van der Waals surface area (Å²) in [6.07, 6.45) is 2.25. The fraction of sp³-hybridized carbons (Fsp3) is 0.375. The van der Waals surface area contributed by atoms with Crippen LogP contribution in [0.5, 0.6) is 11.5 Å². The largest absolute Gasteiger partial charge is 0.493 e. The molecule has 0 saturated carbocycles. The summed E-state index contributed by atoms with van der Waals surface area (Å²) in [7, 11) is 3.18. The molecule has 1 amide bonds. The van der Waals surface area contributed by atoms with Gasteiger partial charge in [-0.05, 0) is 43.1 Å². The maximum atomic E-state index is 12.8. The average molecular weight is 459 g/mol. The Labute approximate surface area is 193 Å². The molecule has 0 unspecified atom stereocenters. The predicted octanol–water partition coefficient (Wildman–Crippen LogP) is 2.25. The molecule has 3 rings (SSSR count). The van der Waals surface area contributed by atoms with E-state index in [1.54, 1.807) is 32.4 Å². The van der Waals surface area contributed by atoms with Crippen LogP contribution >= 0.6 is 0 Å². The minimum Gasteiger partial charge on any atom is -0.493 e. The average Bonchev–Trinajstić information content (AvgIpc) is 2.84. The molecule has 0 aromatic heterocycles. The molecule has 0 spiro atoms. The quantitative estimate of drug-likeness (QED) is 0.607. The summed E-state index contributed by atoms with van der Waals surface area (Å²) < 4.78 is 10.6. The van der Waals surface area contributed by atoms with Crippen molar-refractivity contribution in [2.24, 2.45) is 0 Å². The number of ether oxygens (including phenoxy) is 2. The lowest BCUT2D eigenvalue weighted by atomic mass is 10.1. The molecule has 0 bridgehead atoms. The molecular weight excluding hydrogens is 428 g/mol. The zero-order valence-electron chi connectivity index (χ0n) is 18.9. The summed E-state index contributed by atoms with van der Waals surface area (Å²) in [6.45, 7) is 4.45. The number of carboxylic acids is 2. The molecule has 2 N–H and O–H groups in total. The Morgan fingerprint density at radius 1 is 0.848 bits per heavy atom. The van der Waals surface area contributed by atoms with Gasteiger partial charge in [-0.2, -0.15) is 0 Å². The monoisotopic (exact) mass is 458 g/mol. The van der Waals surface area contributed by atoms with Gasteiger partial charge in [0.1, 0.15) is 0 Å². The molecular formula is C24H30N2O7. The minimum absolute atomic E-state index is 0.0555. The van der Waals surface area contributed by atoms with Gasteiger partial charge in [0.2, 0.25) is 0 Å². The number of methoxy groups -OCH3 is 2. The first kappa shape index (κ1) is 25.7. The number of carboxylic acid groups (broad SMARTS) is 2. The van der Waals surface area contributed by atoms with Crippen molar-refractivity contribution in [3.63, 3.8) is 0 Å². The first-order valence-corrected chi connectivity index (χ1v) is 10.6. The topological polar surface area (TPSA) is 117 Å². The van der Waals surface area contributed by atoms with Crippen LogP contribution in [0.25, 0.3) is 0 Å². The Morgan fingerprint density at radius 3 is 2.00 bits per heavy atom. The van der Waals surface area contributed by atoms with Crippen molar-refractivity contribution in [2.75, 3.05) is 46.9 Å². The van der Waals surface area contributed by atoms with Crippen molar-refractivity contribution in [3.05, 3.63) is 59.7 Å². The Kier molecular flexibility index (Phi) is 10.2. The summed E-state index contributed by atoms with van der Waals surface area (Å²) in [4.78, 5) is 35.4. The zero-order valence-corrected chi connectivity index (χ0v) is 18.9. The van der Waals surface area contributed by atoms with E-state index in [1.165, 1.54) is 5.56 Å². The van der Waals surface area contributed by atoms with Crippen molar-refractivity contribution in [2.45, 2.75) is 12.8 Å². The molecule has 9 heteroatoms. The Bertz CT molecular complexity index is 914. The molecule has 178 valence electrons. The summed E-state index contributed by atoms with van der Waals surface area (Å²) in [5, 5.41) is 14.8. The van der Waals surface area contributed by atoms with E-state index in [1.807, 2.05) is 4.90 Å². The van der Waals surface area contributed by atoms with Crippen LogP contribution in [-0.4, -0.2) is 84.8 Å². The van der Waals surface area contributed by atoms with Crippen LogP contribution in [0.2, 0.25) is 0 Å². The molecule has 2 aromatic carbocycles. The first-order valence-electron chi connectivity index (χ1n) is 10.6. The number of hydrogen-bond acceptors (Lipinski definition) is 6. The van der Waals surface area contributed by atoms with Crippen LogP contribution in [-0.2, 0) is 16.0 Å². The van der Waals surface area contributed by atoms with E-state index < -0.39 is 11.9 Å². The second-order valence-electron chi connectivity index (χ2n) is 7.40. The molecule has 0 atom stereocenters. The Hall–Kier alpha value is -3.59. The van der Waals surface area contributed by atoms with Gasteiger partial charge in [-0.3, -0.25) is 9.69 Å². The molecule has 0 radical (unpaired) electrons. The first-order chi connectivity index (χ1) is 15.8. The van der Waals surface area contributed by atoms with Gasteiger partial charge >= 0.3 is 11.9 Å². The molecule has 0 aliphatic carbocycles. The van der Waals surface area contributed by atoms with Gasteiger partial charge < -0.3 is 24.6 Å². The predicted molar refractivity (Wildman–Crippen MR) is 122 cm³/mol. The van der Waals surface area contributed by atoms with Crippen molar-refractivity contribution in [3.8, 4) is 11.5 Å². The number of carbonyl (C=O) groups excluding carboxylic acids is 1. The van der Waals surface area contributed by atoms with Crippen LogP contribution < -0.4 is 9.47 Å². The Morgan fingerprint density at radius 2 is 1.45 bits per heavy atom. The Balaban J connectivity index is 0.000000569. The highest BCUT2D eigenvalue weighted by molar-refractivity contribution is 6.27. The highest BCUT2D eigenvalue weighted by atomic mass is 16.5. The number of nitrogens with zero attached hydrogens (tertiary/aromatic N) is 2. The van der Waals surface area contributed by atoms with Crippen LogP contribution in [0.15, 0.2) is 48.5 Å². The zero-order chi connectivity index (χ0) is 24.2. The fourth-order valence-corrected chi connectivity index (χ4v) is 3.48.